The molecule has 2 aromatic rings. The average molecular weight is 370 g/mol. The highest BCUT2D eigenvalue weighted by Gasteiger charge is 2.28. The molecule has 1 aliphatic heterocycles. The van der Waals surface area contributed by atoms with Crippen LogP contribution in [0.3, 0.4) is 0 Å². The van der Waals surface area contributed by atoms with Crippen LogP contribution in [0.15, 0.2) is 48.5 Å². The Morgan fingerprint density at radius 3 is 2.38 bits per heavy atom. The molecule has 2 nitrogen and oxygen atoms in total. The lowest BCUT2D eigenvalue weighted by Crippen LogP contribution is -2.31. The Hall–Kier alpha value is -1.77. The minimum atomic E-state index is 0. The van der Waals surface area contributed by atoms with Crippen LogP contribution in [0.2, 0.25) is 0 Å². The fraction of sp³-hybridized carbons (Fsp3) is 0.391. The van der Waals surface area contributed by atoms with E-state index in [1.165, 1.54) is 42.6 Å². The van der Waals surface area contributed by atoms with Crippen LogP contribution in [0.25, 0.3) is 11.1 Å². The van der Waals surface area contributed by atoms with E-state index in [2.05, 4.69) is 60.5 Å². The molecule has 1 heterocycles. The van der Waals surface area contributed by atoms with E-state index in [1.807, 2.05) is 0 Å². The maximum absolute atomic E-state index is 5.46. The van der Waals surface area contributed by atoms with Gasteiger partial charge in [-0.1, -0.05) is 36.4 Å². The van der Waals surface area contributed by atoms with Crippen molar-refractivity contribution in [1.82, 2.24) is 4.90 Å². The number of rotatable bonds is 3. The number of piperidine rings is 1. The Balaban J connectivity index is 0.00000196. The van der Waals surface area contributed by atoms with Gasteiger partial charge in [-0.3, -0.25) is 0 Å². The van der Waals surface area contributed by atoms with Crippen molar-refractivity contribution in [1.29, 1.82) is 0 Å². The lowest BCUT2D eigenvalue weighted by molar-refractivity contribution is 0.248. The van der Waals surface area contributed by atoms with Crippen molar-refractivity contribution in [3.05, 3.63) is 65.2 Å². The van der Waals surface area contributed by atoms with Gasteiger partial charge in [0.25, 0.3) is 0 Å². The van der Waals surface area contributed by atoms with E-state index in [1.54, 1.807) is 18.3 Å². The molecule has 0 bridgehead atoms. The van der Waals surface area contributed by atoms with Gasteiger partial charge < -0.3 is 9.64 Å². The largest absolute Gasteiger partial charge is 0.497 e. The minimum absolute atomic E-state index is 0. The molecule has 0 unspecified atom stereocenters. The SMILES string of the molecule is COc1ccc2c(c1)CCC(c1ccccc1)=C2C1CCN(C)CC1.Cl. The normalized spacial score (nSPS) is 18.2. The zero-order valence-corrected chi connectivity index (χ0v) is 16.5. The lowest BCUT2D eigenvalue weighted by Gasteiger charge is -2.35. The van der Waals surface area contributed by atoms with E-state index in [4.69, 9.17) is 4.74 Å². The van der Waals surface area contributed by atoms with Crippen LogP contribution in [0.1, 0.15) is 36.0 Å². The topological polar surface area (TPSA) is 12.5 Å². The Morgan fingerprint density at radius 1 is 0.962 bits per heavy atom. The van der Waals surface area contributed by atoms with E-state index in [9.17, 15) is 0 Å². The predicted octanol–water partition coefficient (Wildman–Crippen LogP) is 5.32. The van der Waals surface area contributed by atoms with Gasteiger partial charge in [0.1, 0.15) is 5.75 Å². The Morgan fingerprint density at radius 2 is 1.69 bits per heavy atom. The number of fused-ring (bicyclic) bond motifs is 1. The Kier molecular flexibility index (Phi) is 6.05. The summed E-state index contributed by atoms with van der Waals surface area (Å²) in [5, 5.41) is 0. The molecule has 138 valence electrons. The molecule has 4 rings (SSSR count). The zero-order valence-electron chi connectivity index (χ0n) is 15.7. The van der Waals surface area contributed by atoms with Crippen LogP contribution in [0.5, 0.6) is 5.75 Å². The van der Waals surface area contributed by atoms with Gasteiger partial charge in [0.05, 0.1) is 7.11 Å². The van der Waals surface area contributed by atoms with Crippen LogP contribution in [0.4, 0.5) is 0 Å². The zero-order chi connectivity index (χ0) is 17.2. The highest BCUT2D eigenvalue weighted by molar-refractivity contribution is 5.94. The molecule has 0 atom stereocenters. The van der Waals surface area contributed by atoms with Crippen molar-refractivity contribution in [3.63, 3.8) is 0 Å². The van der Waals surface area contributed by atoms with Gasteiger partial charge in [0.15, 0.2) is 0 Å². The van der Waals surface area contributed by atoms with Crippen molar-refractivity contribution in [2.45, 2.75) is 25.7 Å². The first-order valence-electron chi connectivity index (χ1n) is 9.40. The van der Waals surface area contributed by atoms with Crippen molar-refractivity contribution in [2.75, 3.05) is 27.2 Å². The van der Waals surface area contributed by atoms with Crippen molar-refractivity contribution < 1.29 is 4.74 Å². The van der Waals surface area contributed by atoms with Crippen LogP contribution in [-0.2, 0) is 6.42 Å². The van der Waals surface area contributed by atoms with E-state index >= 15 is 0 Å². The van der Waals surface area contributed by atoms with E-state index < -0.39 is 0 Å². The molecular formula is C23H28ClNO. The number of likely N-dealkylation sites (tertiary alicyclic amines) is 1. The lowest BCUT2D eigenvalue weighted by atomic mass is 9.74. The van der Waals surface area contributed by atoms with Gasteiger partial charge in [0, 0.05) is 0 Å². The molecule has 0 N–H and O–H groups in total. The van der Waals surface area contributed by atoms with Gasteiger partial charge in [-0.15, -0.1) is 12.4 Å². The second-order valence-corrected chi connectivity index (χ2v) is 7.36. The van der Waals surface area contributed by atoms with Crippen LogP contribution >= 0.6 is 12.4 Å². The second kappa shape index (κ2) is 8.28. The molecule has 0 aromatic heterocycles. The first-order valence-corrected chi connectivity index (χ1v) is 9.40. The summed E-state index contributed by atoms with van der Waals surface area (Å²) in [5.41, 5.74) is 7.47. The summed E-state index contributed by atoms with van der Waals surface area (Å²) < 4.78 is 5.46. The van der Waals surface area contributed by atoms with Crippen molar-refractivity contribution in [3.8, 4) is 5.75 Å². The van der Waals surface area contributed by atoms with Crippen molar-refractivity contribution >= 4 is 23.6 Å². The van der Waals surface area contributed by atoms with E-state index in [0.717, 1.165) is 18.6 Å². The highest BCUT2D eigenvalue weighted by Crippen LogP contribution is 2.44. The van der Waals surface area contributed by atoms with Crippen LogP contribution in [0, 0.1) is 5.92 Å². The molecule has 0 spiro atoms. The monoisotopic (exact) mass is 369 g/mol. The Labute approximate surface area is 163 Å². The summed E-state index contributed by atoms with van der Waals surface area (Å²) in [7, 11) is 4.00. The first-order chi connectivity index (χ1) is 12.3. The quantitative estimate of drug-likeness (QED) is 0.726. The molecule has 2 aromatic carbocycles. The van der Waals surface area contributed by atoms with E-state index in [-0.39, 0.29) is 12.4 Å². The third kappa shape index (κ3) is 3.67. The number of benzene rings is 2. The number of hydrogen-bond donors (Lipinski definition) is 0. The number of aryl methyl sites for hydroxylation is 1. The van der Waals surface area contributed by atoms with Gasteiger partial charge >= 0.3 is 0 Å². The average Bonchev–Trinajstić information content (AvgIpc) is 2.68. The second-order valence-electron chi connectivity index (χ2n) is 7.36. The highest BCUT2D eigenvalue weighted by atomic mass is 35.5. The fourth-order valence-electron chi connectivity index (χ4n) is 4.43. The molecule has 26 heavy (non-hydrogen) atoms. The predicted molar refractivity (Wildman–Crippen MR) is 112 cm³/mol. The summed E-state index contributed by atoms with van der Waals surface area (Å²) in [5.74, 6) is 1.64. The molecule has 0 saturated carbocycles. The standard InChI is InChI=1S/C23H27NO.ClH/c1-24-14-12-18(13-15-24)23-21(17-6-4-3-5-7-17)10-8-19-16-20(25-2)9-11-22(19)23;/h3-7,9,11,16,18H,8,10,12-15H2,1-2H3;1H. The molecule has 1 fully saturated rings. The number of methoxy groups -OCH3 is 1. The van der Waals surface area contributed by atoms with Gasteiger partial charge in [-0.25, -0.2) is 0 Å². The summed E-state index contributed by atoms with van der Waals surface area (Å²) in [6.07, 6.45) is 4.75. The number of allylic oxidation sites excluding steroid dienone is 2. The third-order valence-corrected chi connectivity index (χ3v) is 5.82. The molecule has 0 radical (unpaired) electrons. The van der Waals surface area contributed by atoms with Crippen LogP contribution in [-0.4, -0.2) is 32.1 Å². The maximum atomic E-state index is 5.46. The van der Waals surface area contributed by atoms with Gasteiger partial charge in [-0.05, 0) is 91.7 Å². The van der Waals surface area contributed by atoms with Crippen LogP contribution < -0.4 is 4.74 Å². The summed E-state index contributed by atoms with van der Waals surface area (Å²) in [4.78, 5) is 2.46. The van der Waals surface area contributed by atoms with Crippen molar-refractivity contribution in [2.24, 2.45) is 5.92 Å². The minimum Gasteiger partial charge on any atom is -0.497 e. The van der Waals surface area contributed by atoms with Gasteiger partial charge in [0.2, 0.25) is 0 Å². The Bertz CT molecular complexity index is 776. The van der Waals surface area contributed by atoms with E-state index in [0.29, 0.717) is 5.92 Å². The third-order valence-electron chi connectivity index (χ3n) is 5.82. The van der Waals surface area contributed by atoms with Gasteiger partial charge in [-0.2, -0.15) is 0 Å². The first kappa shape index (κ1) is 19.0. The summed E-state index contributed by atoms with van der Waals surface area (Å²) in [6, 6.07) is 17.7. The number of halogens is 1. The molecule has 2 aliphatic rings. The summed E-state index contributed by atoms with van der Waals surface area (Å²) >= 11 is 0. The molecule has 1 aliphatic carbocycles. The summed E-state index contributed by atoms with van der Waals surface area (Å²) in [6.45, 7) is 2.39. The number of nitrogens with zero attached hydrogens (tertiary/aromatic N) is 1. The number of ether oxygens (including phenoxy) is 1. The molecule has 1 saturated heterocycles. The number of hydrogen-bond acceptors (Lipinski definition) is 2. The maximum Gasteiger partial charge on any atom is 0.119 e. The molecular weight excluding hydrogens is 342 g/mol. The fourth-order valence-corrected chi connectivity index (χ4v) is 4.43. The smallest absolute Gasteiger partial charge is 0.119 e. The molecule has 3 heteroatoms. The molecule has 0 amide bonds.